The highest BCUT2D eigenvalue weighted by atomic mass is 16.5. The Hall–Kier alpha value is -4.27. The third-order valence-corrected chi connectivity index (χ3v) is 6.86. The predicted molar refractivity (Wildman–Crippen MR) is 153 cm³/mol. The van der Waals surface area contributed by atoms with Gasteiger partial charge in [0.2, 0.25) is 0 Å². The lowest BCUT2D eigenvalue weighted by atomic mass is 9.98. The molecule has 1 N–H and O–H groups in total. The standard InChI is InChI=1S/C31H36N4O5/c1-4-6-10-18-39-28(36)19-26-21(3)32-27(13-7-5-2)35(30(26)37)20-22-14-16-23(17-15-22)24-11-8-9-12-25(24)29-33-31(38)40-34-29/h8-9,11-12,14-17H,4-7,10,13,18-20H2,1-3H3,(H,33,34,38). The smallest absolute Gasteiger partial charge is 0.439 e. The van der Waals surface area contributed by atoms with E-state index in [0.29, 0.717) is 42.5 Å². The van der Waals surface area contributed by atoms with Crippen LogP contribution in [0.4, 0.5) is 0 Å². The first-order valence-corrected chi connectivity index (χ1v) is 13.9. The van der Waals surface area contributed by atoms with E-state index in [1.54, 1.807) is 11.5 Å². The number of benzene rings is 2. The molecule has 0 radical (unpaired) electrons. The van der Waals surface area contributed by atoms with Gasteiger partial charge in [0, 0.05) is 23.2 Å². The monoisotopic (exact) mass is 544 g/mol. The van der Waals surface area contributed by atoms with Gasteiger partial charge >= 0.3 is 11.7 Å². The van der Waals surface area contributed by atoms with Crippen LogP contribution in [-0.4, -0.2) is 32.3 Å². The number of H-pyrrole nitrogens is 1. The Bertz CT molecular complexity index is 1550. The van der Waals surface area contributed by atoms with E-state index in [1.807, 2.05) is 48.5 Å². The van der Waals surface area contributed by atoms with Crippen LogP contribution in [0.5, 0.6) is 0 Å². The van der Waals surface area contributed by atoms with Gasteiger partial charge in [-0.05, 0) is 36.5 Å². The van der Waals surface area contributed by atoms with Gasteiger partial charge in [-0.3, -0.25) is 23.7 Å². The summed E-state index contributed by atoms with van der Waals surface area (Å²) in [5.74, 6) is 0.0653. The highest BCUT2D eigenvalue weighted by Crippen LogP contribution is 2.30. The molecule has 2 heterocycles. The van der Waals surface area contributed by atoms with Gasteiger partial charge in [0.05, 0.1) is 19.6 Å². The molecule has 0 atom stereocenters. The highest BCUT2D eigenvalue weighted by molar-refractivity contribution is 5.80. The first-order chi connectivity index (χ1) is 19.4. The fourth-order valence-corrected chi connectivity index (χ4v) is 4.64. The van der Waals surface area contributed by atoms with E-state index in [4.69, 9.17) is 9.72 Å². The van der Waals surface area contributed by atoms with E-state index in [0.717, 1.165) is 54.4 Å². The van der Waals surface area contributed by atoms with E-state index in [2.05, 4.69) is 28.5 Å². The van der Waals surface area contributed by atoms with E-state index < -0.39 is 11.7 Å². The molecular weight excluding hydrogens is 508 g/mol. The fraction of sp³-hybridized carbons (Fsp3) is 0.387. The molecule has 4 aromatic rings. The first-order valence-electron chi connectivity index (χ1n) is 13.9. The molecule has 0 amide bonds. The number of unbranched alkanes of at least 4 members (excludes halogenated alkanes) is 3. The van der Waals surface area contributed by atoms with Crippen LogP contribution in [0.15, 0.2) is 62.6 Å². The van der Waals surface area contributed by atoms with Crippen LogP contribution >= 0.6 is 0 Å². The third kappa shape index (κ3) is 7.02. The van der Waals surface area contributed by atoms with Crippen molar-refractivity contribution in [3.05, 3.63) is 92.1 Å². The summed E-state index contributed by atoms with van der Waals surface area (Å²) in [4.78, 5) is 45.0. The summed E-state index contributed by atoms with van der Waals surface area (Å²) >= 11 is 0. The maximum absolute atomic E-state index is 13.7. The lowest BCUT2D eigenvalue weighted by Gasteiger charge is -2.16. The fourth-order valence-electron chi connectivity index (χ4n) is 4.64. The molecule has 0 fully saturated rings. The highest BCUT2D eigenvalue weighted by Gasteiger charge is 2.18. The Labute approximate surface area is 233 Å². The number of rotatable bonds is 13. The van der Waals surface area contributed by atoms with Crippen molar-refractivity contribution < 1.29 is 14.1 Å². The second kappa shape index (κ2) is 13.7. The number of hydrogen-bond donors (Lipinski definition) is 1. The van der Waals surface area contributed by atoms with Gasteiger partial charge in [-0.1, -0.05) is 86.8 Å². The summed E-state index contributed by atoms with van der Waals surface area (Å²) in [5.41, 5.74) is 4.24. The number of aryl methyl sites for hydroxylation is 2. The zero-order valence-corrected chi connectivity index (χ0v) is 23.4. The van der Waals surface area contributed by atoms with E-state index >= 15 is 0 Å². The quantitative estimate of drug-likeness (QED) is 0.181. The zero-order chi connectivity index (χ0) is 28.5. The molecule has 2 aromatic heterocycles. The number of esters is 1. The van der Waals surface area contributed by atoms with Crippen LogP contribution < -0.4 is 11.3 Å². The van der Waals surface area contributed by atoms with Gasteiger partial charge in [0.1, 0.15) is 5.82 Å². The summed E-state index contributed by atoms with van der Waals surface area (Å²) in [7, 11) is 0. The Balaban J connectivity index is 1.60. The predicted octanol–water partition coefficient (Wildman–Crippen LogP) is 5.23. The summed E-state index contributed by atoms with van der Waals surface area (Å²) in [6.07, 6.45) is 5.33. The average Bonchev–Trinajstić information content (AvgIpc) is 3.40. The van der Waals surface area contributed by atoms with Crippen molar-refractivity contribution >= 4 is 5.97 Å². The Morgan fingerprint density at radius 2 is 1.70 bits per heavy atom. The molecule has 9 heteroatoms. The SMILES string of the molecule is CCCCCOC(=O)Cc1c(C)nc(CCCC)n(Cc2ccc(-c3ccccc3-c3noc(=O)[nH]3)cc2)c1=O. The normalized spacial score (nSPS) is 11.1. The molecular formula is C31H36N4O5. The molecule has 4 rings (SSSR count). The average molecular weight is 545 g/mol. The number of ether oxygens (including phenoxy) is 1. The summed E-state index contributed by atoms with van der Waals surface area (Å²) in [6.45, 7) is 6.68. The van der Waals surface area contributed by atoms with Gasteiger partial charge in [-0.2, -0.15) is 0 Å². The molecule has 40 heavy (non-hydrogen) atoms. The number of aromatic amines is 1. The maximum atomic E-state index is 13.7. The van der Waals surface area contributed by atoms with E-state index in [1.165, 1.54) is 0 Å². The second-order valence-corrected chi connectivity index (χ2v) is 9.88. The Morgan fingerprint density at radius 3 is 2.38 bits per heavy atom. The van der Waals surface area contributed by atoms with E-state index in [9.17, 15) is 14.4 Å². The van der Waals surface area contributed by atoms with Crippen molar-refractivity contribution in [2.24, 2.45) is 0 Å². The maximum Gasteiger partial charge on any atom is 0.439 e. The largest absolute Gasteiger partial charge is 0.465 e. The van der Waals surface area contributed by atoms with Crippen LogP contribution in [0.3, 0.4) is 0 Å². The molecule has 0 aliphatic rings. The van der Waals surface area contributed by atoms with Gasteiger partial charge in [-0.15, -0.1) is 0 Å². The molecule has 0 aliphatic heterocycles. The van der Waals surface area contributed by atoms with E-state index in [-0.39, 0.29) is 12.0 Å². The lowest BCUT2D eigenvalue weighted by molar-refractivity contribution is -0.143. The number of nitrogens with zero attached hydrogens (tertiary/aromatic N) is 3. The third-order valence-electron chi connectivity index (χ3n) is 6.86. The molecule has 0 saturated heterocycles. The minimum Gasteiger partial charge on any atom is -0.465 e. The van der Waals surface area contributed by atoms with Crippen LogP contribution in [-0.2, 0) is 28.9 Å². The van der Waals surface area contributed by atoms with Crippen molar-refractivity contribution in [3.8, 4) is 22.5 Å². The lowest BCUT2D eigenvalue weighted by Crippen LogP contribution is -2.31. The minimum absolute atomic E-state index is 0.0856. The summed E-state index contributed by atoms with van der Waals surface area (Å²) in [5, 5.41) is 3.83. The van der Waals surface area contributed by atoms with Crippen LogP contribution in [0.25, 0.3) is 22.5 Å². The van der Waals surface area contributed by atoms with Crippen LogP contribution in [0.2, 0.25) is 0 Å². The Kier molecular flexibility index (Phi) is 9.83. The number of nitrogens with one attached hydrogen (secondary N) is 1. The molecule has 210 valence electrons. The molecule has 0 saturated carbocycles. The molecule has 9 nitrogen and oxygen atoms in total. The topological polar surface area (TPSA) is 120 Å². The molecule has 0 aliphatic carbocycles. The molecule has 0 spiro atoms. The summed E-state index contributed by atoms with van der Waals surface area (Å²) < 4.78 is 11.7. The van der Waals surface area contributed by atoms with Crippen molar-refractivity contribution in [3.63, 3.8) is 0 Å². The molecule has 0 bridgehead atoms. The second-order valence-electron chi connectivity index (χ2n) is 9.88. The van der Waals surface area contributed by atoms with Gasteiger partial charge < -0.3 is 4.74 Å². The van der Waals surface area contributed by atoms with Crippen molar-refractivity contribution in [2.45, 2.75) is 72.3 Å². The Morgan fingerprint density at radius 1 is 0.975 bits per heavy atom. The molecule has 0 unspecified atom stereocenters. The summed E-state index contributed by atoms with van der Waals surface area (Å²) in [6, 6.07) is 15.5. The number of carbonyl (C=O) groups is 1. The number of aromatic nitrogens is 4. The van der Waals surface area contributed by atoms with Gasteiger partial charge in [0.15, 0.2) is 5.82 Å². The first kappa shape index (κ1) is 28.7. The number of carbonyl (C=O) groups excluding carboxylic acids is 1. The zero-order valence-electron chi connectivity index (χ0n) is 23.4. The van der Waals surface area contributed by atoms with Gasteiger partial charge in [0.25, 0.3) is 5.56 Å². The van der Waals surface area contributed by atoms with Crippen molar-refractivity contribution in [2.75, 3.05) is 6.61 Å². The molecule has 2 aromatic carbocycles. The van der Waals surface area contributed by atoms with Crippen molar-refractivity contribution in [1.29, 1.82) is 0 Å². The van der Waals surface area contributed by atoms with Crippen LogP contribution in [0, 0.1) is 6.92 Å². The van der Waals surface area contributed by atoms with Crippen LogP contribution in [0.1, 0.15) is 68.6 Å². The van der Waals surface area contributed by atoms with Crippen molar-refractivity contribution in [1.82, 2.24) is 19.7 Å². The van der Waals surface area contributed by atoms with Gasteiger partial charge in [-0.25, -0.2) is 9.78 Å². The number of hydrogen-bond acceptors (Lipinski definition) is 7. The minimum atomic E-state index is -0.611.